The molecule has 2 rings (SSSR count). The zero-order valence-corrected chi connectivity index (χ0v) is 14.7. The third-order valence-electron chi connectivity index (χ3n) is 4.06. The van der Waals surface area contributed by atoms with E-state index in [1.54, 1.807) is 0 Å². The van der Waals surface area contributed by atoms with Gasteiger partial charge in [-0.25, -0.2) is 0 Å². The summed E-state index contributed by atoms with van der Waals surface area (Å²) >= 11 is 7.12. The molecular formula is C15H22Br2N2. The number of benzene rings is 1. The van der Waals surface area contributed by atoms with E-state index in [4.69, 9.17) is 5.73 Å². The summed E-state index contributed by atoms with van der Waals surface area (Å²) in [6.45, 7) is 6.47. The van der Waals surface area contributed by atoms with Gasteiger partial charge in [-0.05, 0) is 74.9 Å². The summed E-state index contributed by atoms with van der Waals surface area (Å²) in [7, 11) is 0. The quantitative estimate of drug-likeness (QED) is 0.830. The predicted molar refractivity (Wildman–Crippen MR) is 88.2 cm³/mol. The summed E-state index contributed by atoms with van der Waals surface area (Å²) in [5, 5.41) is 0. The zero-order chi connectivity index (χ0) is 14.0. The second-order valence-electron chi connectivity index (χ2n) is 5.62. The van der Waals surface area contributed by atoms with Gasteiger partial charge in [-0.15, -0.1) is 0 Å². The van der Waals surface area contributed by atoms with Gasteiger partial charge in [0.2, 0.25) is 0 Å². The van der Waals surface area contributed by atoms with Crippen molar-refractivity contribution in [3.8, 4) is 0 Å². The summed E-state index contributed by atoms with van der Waals surface area (Å²) in [6.07, 6.45) is 2.59. The van der Waals surface area contributed by atoms with Gasteiger partial charge < -0.3 is 5.73 Å². The molecule has 1 aromatic carbocycles. The van der Waals surface area contributed by atoms with Crippen LogP contribution >= 0.6 is 31.9 Å². The molecule has 0 aromatic heterocycles. The lowest BCUT2D eigenvalue weighted by Crippen LogP contribution is -2.39. The Bertz CT molecular complexity index is 434. The molecule has 0 aliphatic carbocycles. The minimum Gasteiger partial charge on any atom is -0.329 e. The maximum absolute atomic E-state index is 6.07. The van der Waals surface area contributed by atoms with E-state index in [1.807, 2.05) is 0 Å². The highest BCUT2D eigenvalue weighted by molar-refractivity contribution is 9.13. The van der Waals surface area contributed by atoms with Crippen molar-refractivity contribution in [1.29, 1.82) is 0 Å². The van der Waals surface area contributed by atoms with Crippen LogP contribution in [0.4, 0.5) is 0 Å². The molecule has 2 atom stereocenters. The van der Waals surface area contributed by atoms with Crippen LogP contribution < -0.4 is 5.73 Å². The first-order valence-electron chi connectivity index (χ1n) is 6.95. The fraction of sp³-hybridized carbons (Fsp3) is 0.600. The van der Waals surface area contributed by atoms with Crippen LogP contribution in [-0.2, 0) is 0 Å². The third-order valence-corrected chi connectivity index (χ3v) is 5.94. The Balaban J connectivity index is 2.26. The van der Waals surface area contributed by atoms with Crippen molar-refractivity contribution in [2.75, 3.05) is 13.1 Å². The van der Waals surface area contributed by atoms with Gasteiger partial charge >= 0.3 is 0 Å². The van der Waals surface area contributed by atoms with E-state index in [-0.39, 0.29) is 0 Å². The molecule has 1 aliphatic heterocycles. The van der Waals surface area contributed by atoms with Gasteiger partial charge in [0.05, 0.1) is 0 Å². The van der Waals surface area contributed by atoms with Crippen molar-refractivity contribution in [3.05, 3.63) is 32.7 Å². The van der Waals surface area contributed by atoms with Gasteiger partial charge in [0.15, 0.2) is 0 Å². The molecule has 0 radical (unpaired) electrons. The first kappa shape index (κ1) is 15.5. The van der Waals surface area contributed by atoms with Crippen LogP contribution in [-0.4, -0.2) is 24.0 Å². The Morgan fingerprint density at radius 1 is 1.32 bits per heavy atom. The summed E-state index contributed by atoms with van der Waals surface area (Å²) in [4.78, 5) is 2.60. The number of hydrogen-bond acceptors (Lipinski definition) is 2. The maximum atomic E-state index is 6.07. The number of nitrogens with zero attached hydrogens (tertiary/aromatic N) is 1. The van der Waals surface area contributed by atoms with Crippen molar-refractivity contribution in [2.45, 2.75) is 38.8 Å². The van der Waals surface area contributed by atoms with Crippen molar-refractivity contribution < 1.29 is 0 Å². The summed E-state index contributed by atoms with van der Waals surface area (Å²) in [5.74, 6) is 0.690. The van der Waals surface area contributed by atoms with Crippen LogP contribution in [0.1, 0.15) is 38.3 Å². The monoisotopic (exact) mass is 388 g/mol. The SMILES string of the molecule is CC(C)C1CCCN1C(CN)c1ccc(Br)c(Br)c1. The Morgan fingerprint density at radius 2 is 2.05 bits per heavy atom. The summed E-state index contributed by atoms with van der Waals surface area (Å²) in [5.41, 5.74) is 7.38. The molecule has 0 saturated carbocycles. The molecule has 2 unspecified atom stereocenters. The highest BCUT2D eigenvalue weighted by Crippen LogP contribution is 2.34. The molecule has 2 N–H and O–H groups in total. The first-order chi connectivity index (χ1) is 9.04. The molecule has 1 heterocycles. The van der Waals surface area contributed by atoms with E-state index in [0.717, 1.165) is 8.95 Å². The Labute approximate surface area is 133 Å². The molecule has 0 bridgehead atoms. The van der Waals surface area contributed by atoms with Gasteiger partial charge in [0, 0.05) is 27.6 Å². The number of hydrogen-bond donors (Lipinski definition) is 1. The lowest BCUT2D eigenvalue weighted by Gasteiger charge is -2.35. The molecule has 1 saturated heterocycles. The Hall–Kier alpha value is 0.1000. The minimum atomic E-state index is 0.333. The van der Waals surface area contributed by atoms with E-state index in [1.165, 1.54) is 24.9 Å². The lowest BCUT2D eigenvalue weighted by atomic mass is 9.98. The smallest absolute Gasteiger partial charge is 0.0473 e. The largest absolute Gasteiger partial charge is 0.329 e. The van der Waals surface area contributed by atoms with E-state index in [9.17, 15) is 0 Å². The van der Waals surface area contributed by atoms with Gasteiger partial charge in [-0.3, -0.25) is 4.90 Å². The highest BCUT2D eigenvalue weighted by Gasteiger charge is 2.32. The summed E-state index contributed by atoms with van der Waals surface area (Å²) in [6, 6.07) is 7.47. The van der Waals surface area contributed by atoms with E-state index in [2.05, 4.69) is 68.8 Å². The van der Waals surface area contributed by atoms with Crippen LogP contribution in [0.25, 0.3) is 0 Å². The van der Waals surface area contributed by atoms with Gasteiger partial charge in [-0.2, -0.15) is 0 Å². The second-order valence-corrected chi connectivity index (χ2v) is 7.33. The van der Waals surface area contributed by atoms with Gasteiger partial charge in [-0.1, -0.05) is 19.9 Å². The molecule has 1 aromatic rings. The third kappa shape index (κ3) is 3.41. The topological polar surface area (TPSA) is 29.3 Å². The number of nitrogens with two attached hydrogens (primary N) is 1. The van der Waals surface area contributed by atoms with Gasteiger partial charge in [0.1, 0.15) is 0 Å². The fourth-order valence-corrected chi connectivity index (χ4v) is 3.74. The van der Waals surface area contributed by atoms with Crippen LogP contribution in [0.3, 0.4) is 0 Å². The standard InChI is InChI=1S/C15H22Br2N2/c1-10(2)14-4-3-7-19(14)15(9-18)11-5-6-12(16)13(17)8-11/h5-6,8,10,14-15H,3-4,7,9,18H2,1-2H3. The normalized spacial score (nSPS) is 22.1. The molecular weight excluding hydrogens is 368 g/mol. The number of rotatable bonds is 4. The van der Waals surface area contributed by atoms with Crippen LogP contribution in [0.15, 0.2) is 27.1 Å². The molecule has 1 aliphatic rings. The fourth-order valence-electron chi connectivity index (χ4n) is 3.10. The second kappa shape index (κ2) is 6.70. The minimum absolute atomic E-state index is 0.333. The zero-order valence-electron chi connectivity index (χ0n) is 11.6. The van der Waals surface area contributed by atoms with Gasteiger partial charge in [0.25, 0.3) is 0 Å². The molecule has 2 nitrogen and oxygen atoms in total. The van der Waals surface area contributed by atoms with Crippen LogP contribution in [0, 0.1) is 5.92 Å². The molecule has 19 heavy (non-hydrogen) atoms. The molecule has 0 spiro atoms. The van der Waals surface area contributed by atoms with E-state index < -0.39 is 0 Å². The Kier molecular flexibility index (Phi) is 5.46. The molecule has 106 valence electrons. The highest BCUT2D eigenvalue weighted by atomic mass is 79.9. The molecule has 4 heteroatoms. The molecule has 0 amide bonds. The number of halogens is 2. The Morgan fingerprint density at radius 3 is 2.63 bits per heavy atom. The lowest BCUT2D eigenvalue weighted by molar-refractivity contribution is 0.149. The van der Waals surface area contributed by atoms with E-state index >= 15 is 0 Å². The van der Waals surface area contributed by atoms with Crippen molar-refractivity contribution in [3.63, 3.8) is 0 Å². The van der Waals surface area contributed by atoms with Crippen LogP contribution in [0.2, 0.25) is 0 Å². The first-order valence-corrected chi connectivity index (χ1v) is 8.54. The average molecular weight is 390 g/mol. The average Bonchev–Trinajstić information content (AvgIpc) is 2.84. The summed E-state index contributed by atoms with van der Waals surface area (Å²) < 4.78 is 2.19. The molecule has 1 fully saturated rings. The predicted octanol–water partition coefficient (Wildman–Crippen LogP) is 4.33. The van der Waals surface area contributed by atoms with Crippen molar-refractivity contribution >= 4 is 31.9 Å². The van der Waals surface area contributed by atoms with Crippen molar-refractivity contribution in [2.24, 2.45) is 11.7 Å². The van der Waals surface area contributed by atoms with Crippen molar-refractivity contribution in [1.82, 2.24) is 4.90 Å². The maximum Gasteiger partial charge on any atom is 0.0473 e. The van der Waals surface area contributed by atoms with E-state index in [0.29, 0.717) is 24.5 Å². The number of likely N-dealkylation sites (tertiary alicyclic amines) is 1. The van der Waals surface area contributed by atoms with Crippen LogP contribution in [0.5, 0.6) is 0 Å².